The van der Waals surface area contributed by atoms with Crippen LogP contribution in [0.25, 0.3) is 0 Å². The average molecular weight is 193 g/mol. The molecule has 0 unspecified atom stereocenters. The summed E-state index contributed by atoms with van der Waals surface area (Å²) in [5.74, 6) is -0.167. The Morgan fingerprint density at radius 2 is 2.21 bits per heavy atom. The number of hydrogen-bond donors (Lipinski definition) is 2. The number of nitrogen functional groups attached to an aromatic ring is 1. The molecule has 0 aliphatic heterocycles. The predicted octanol–water partition coefficient (Wildman–Crippen LogP) is 0.851. The second-order valence-electron chi connectivity index (χ2n) is 3.26. The van der Waals surface area contributed by atoms with Gasteiger partial charge < -0.3 is 10.3 Å². The van der Waals surface area contributed by atoms with Crippen molar-refractivity contribution in [3.8, 4) is 0 Å². The minimum Gasteiger partial charge on any atom is -0.384 e. The number of pyridine rings is 1. The van der Waals surface area contributed by atoms with Gasteiger partial charge in [0.15, 0.2) is 0 Å². The van der Waals surface area contributed by atoms with E-state index in [1.165, 1.54) is 0 Å². The highest BCUT2D eigenvalue weighted by molar-refractivity contribution is 5.94. The van der Waals surface area contributed by atoms with Crippen molar-refractivity contribution in [2.45, 2.75) is 26.8 Å². The Hall–Kier alpha value is -1.58. The van der Waals surface area contributed by atoms with Crippen LogP contribution in [0.4, 0.5) is 0 Å². The molecule has 1 rings (SSSR count). The highest BCUT2D eigenvalue weighted by Gasteiger charge is 2.07. The Morgan fingerprint density at radius 1 is 1.57 bits per heavy atom. The number of nitrogens with two attached hydrogens (primary N) is 1. The van der Waals surface area contributed by atoms with Crippen LogP contribution in [0.3, 0.4) is 0 Å². The van der Waals surface area contributed by atoms with Gasteiger partial charge in [0.1, 0.15) is 5.84 Å². The van der Waals surface area contributed by atoms with Crippen molar-refractivity contribution in [1.82, 2.24) is 4.57 Å². The first kappa shape index (κ1) is 10.5. The van der Waals surface area contributed by atoms with Crippen LogP contribution in [0.15, 0.2) is 16.9 Å². The first-order valence-corrected chi connectivity index (χ1v) is 4.62. The molecule has 0 amide bonds. The van der Waals surface area contributed by atoms with Gasteiger partial charge in [-0.1, -0.05) is 6.92 Å². The van der Waals surface area contributed by atoms with Crippen molar-refractivity contribution < 1.29 is 0 Å². The van der Waals surface area contributed by atoms with Gasteiger partial charge in [0, 0.05) is 12.2 Å². The molecule has 0 aliphatic carbocycles. The van der Waals surface area contributed by atoms with Gasteiger partial charge in [0.2, 0.25) is 0 Å². The third-order valence-corrected chi connectivity index (χ3v) is 2.13. The summed E-state index contributed by atoms with van der Waals surface area (Å²) in [6, 6.07) is 3.42. The number of hydrogen-bond acceptors (Lipinski definition) is 2. The minimum absolute atomic E-state index is 0.167. The Bertz CT molecular complexity index is 406. The lowest BCUT2D eigenvalue weighted by Gasteiger charge is -2.09. The fraction of sp³-hybridized carbons (Fsp3) is 0.400. The first-order chi connectivity index (χ1) is 6.57. The summed E-state index contributed by atoms with van der Waals surface area (Å²) in [7, 11) is 0. The average Bonchev–Trinajstić information content (AvgIpc) is 2.11. The number of amidine groups is 1. The maximum absolute atomic E-state index is 11.8. The van der Waals surface area contributed by atoms with Crippen LogP contribution < -0.4 is 11.3 Å². The van der Waals surface area contributed by atoms with Gasteiger partial charge in [-0.25, -0.2) is 0 Å². The Morgan fingerprint density at radius 3 is 2.71 bits per heavy atom. The predicted molar refractivity (Wildman–Crippen MR) is 56.7 cm³/mol. The number of rotatable bonds is 3. The highest BCUT2D eigenvalue weighted by atomic mass is 16.1. The summed E-state index contributed by atoms with van der Waals surface area (Å²) < 4.78 is 1.65. The van der Waals surface area contributed by atoms with Crippen LogP contribution in [0.2, 0.25) is 0 Å². The molecular formula is C10H15N3O. The summed E-state index contributed by atoms with van der Waals surface area (Å²) in [5, 5.41) is 7.24. The van der Waals surface area contributed by atoms with Crippen LogP contribution >= 0.6 is 0 Å². The quantitative estimate of drug-likeness (QED) is 0.551. The van der Waals surface area contributed by atoms with E-state index in [2.05, 4.69) is 0 Å². The molecule has 76 valence electrons. The molecule has 0 fully saturated rings. The maximum atomic E-state index is 11.8. The second-order valence-corrected chi connectivity index (χ2v) is 3.26. The molecular weight excluding hydrogens is 178 g/mol. The highest BCUT2D eigenvalue weighted by Crippen LogP contribution is 1.99. The molecule has 0 radical (unpaired) electrons. The van der Waals surface area contributed by atoms with Crippen LogP contribution in [0, 0.1) is 12.3 Å². The molecule has 4 heteroatoms. The van der Waals surface area contributed by atoms with Crippen molar-refractivity contribution in [2.24, 2.45) is 5.73 Å². The lowest BCUT2D eigenvalue weighted by atomic mass is 10.2. The Labute approximate surface area is 82.9 Å². The molecule has 4 nitrogen and oxygen atoms in total. The molecule has 3 N–H and O–H groups in total. The van der Waals surface area contributed by atoms with Crippen molar-refractivity contribution in [2.75, 3.05) is 0 Å². The molecule has 0 aromatic carbocycles. The van der Waals surface area contributed by atoms with Crippen molar-refractivity contribution >= 4 is 5.84 Å². The zero-order chi connectivity index (χ0) is 10.7. The molecule has 0 atom stereocenters. The standard InChI is InChI=1S/C10H15N3O/c1-3-6-13-7(2)4-5-8(9(11)12)10(13)14/h4-5H,3,6H2,1-2H3,(H3,11,12). The molecule has 1 aromatic heterocycles. The van der Waals surface area contributed by atoms with E-state index in [1.54, 1.807) is 10.6 Å². The van der Waals surface area contributed by atoms with E-state index in [0.29, 0.717) is 6.54 Å². The molecule has 0 aliphatic rings. The van der Waals surface area contributed by atoms with E-state index in [-0.39, 0.29) is 17.0 Å². The van der Waals surface area contributed by atoms with Gasteiger partial charge in [-0.3, -0.25) is 10.2 Å². The van der Waals surface area contributed by atoms with Gasteiger partial charge in [0.05, 0.1) is 5.56 Å². The Balaban J connectivity index is 3.34. The third kappa shape index (κ3) is 1.84. The smallest absolute Gasteiger partial charge is 0.261 e. The van der Waals surface area contributed by atoms with Crippen molar-refractivity contribution in [3.63, 3.8) is 0 Å². The van der Waals surface area contributed by atoms with Crippen LogP contribution in [-0.2, 0) is 6.54 Å². The number of nitrogens with zero attached hydrogens (tertiary/aromatic N) is 1. The topological polar surface area (TPSA) is 71.9 Å². The normalized spacial score (nSPS) is 10.1. The monoisotopic (exact) mass is 193 g/mol. The summed E-state index contributed by atoms with van der Waals surface area (Å²) in [4.78, 5) is 11.8. The second kappa shape index (κ2) is 4.09. The number of aryl methyl sites for hydroxylation is 1. The van der Waals surface area contributed by atoms with Gasteiger partial charge in [-0.2, -0.15) is 0 Å². The fourth-order valence-electron chi connectivity index (χ4n) is 1.38. The van der Waals surface area contributed by atoms with E-state index in [9.17, 15) is 4.79 Å². The molecule has 14 heavy (non-hydrogen) atoms. The third-order valence-electron chi connectivity index (χ3n) is 2.13. The summed E-state index contributed by atoms with van der Waals surface area (Å²) in [5.41, 5.74) is 6.32. The first-order valence-electron chi connectivity index (χ1n) is 4.62. The lowest BCUT2D eigenvalue weighted by Crippen LogP contribution is -2.30. The van der Waals surface area contributed by atoms with Gasteiger partial charge >= 0.3 is 0 Å². The molecule has 0 bridgehead atoms. The fourth-order valence-corrected chi connectivity index (χ4v) is 1.38. The number of aromatic nitrogens is 1. The van der Waals surface area contributed by atoms with E-state index in [4.69, 9.17) is 11.1 Å². The van der Waals surface area contributed by atoms with E-state index in [1.807, 2.05) is 19.9 Å². The van der Waals surface area contributed by atoms with E-state index >= 15 is 0 Å². The lowest BCUT2D eigenvalue weighted by molar-refractivity contribution is 0.634. The maximum Gasteiger partial charge on any atom is 0.261 e. The van der Waals surface area contributed by atoms with Crippen molar-refractivity contribution in [1.29, 1.82) is 5.41 Å². The molecule has 0 saturated carbocycles. The molecule has 0 saturated heterocycles. The van der Waals surface area contributed by atoms with Crippen LogP contribution in [0.5, 0.6) is 0 Å². The largest absolute Gasteiger partial charge is 0.384 e. The summed E-state index contributed by atoms with van der Waals surface area (Å²) >= 11 is 0. The van der Waals surface area contributed by atoms with Crippen molar-refractivity contribution in [3.05, 3.63) is 33.7 Å². The SMILES string of the molecule is CCCn1c(C)ccc(C(=N)N)c1=O. The summed E-state index contributed by atoms with van der Waals surface area (Å²) in [6.45, 7) is 4.55. The van der Waals surface area contributed by atoms with Gasteiger partial charge in [-0.05, 0) is 25.5 Å². The minimum atomic E-state index is -0.167. The summed E-state index contributed by atoms with van der Waals surface area (Å²) in [6.07, 6.45) is 0.891. The van der Waals surface area contributed by atoms with Gasteiger partial charge in [-0.15, -0.1) is 0 Å². The van der Waals surface area contributed by atoms with Gasteiger partial charge in [0.25, 0.3) is 5.56 Å². The molecule has 1 heterocycles. The molecule has 0 spiro atoms. The zero-order valence-electron chi connectivity index (χ0n) is 8.50. The van der Waals surface area contributed by atoms with E-state index < -0.39 is 0 Å². The zero-order valence-corrected chi connectivity index (χ0v) is 8.50. The van der Waals surface area contributed by atoms with Crippen LogP contribution in [-0.4, -0.2) is 10.4 Å². The van der Waals surface area contributed by atoms with Crippen LogP contribution in [0.1, 0.15) is 24.6 Å². The Kier molecular flexibility index (Phi) is 3.06. The molecule has 1 aromatic rings. The number of nitrogens with one attached hydrogen (secondary N) is 1. The van der Waals surface area contributed by atoms with E-state index in [0.717, 1.165) is 12.1 Å².